The van der Waals surface area contributed by atoms with Gasteiger partial charge in [0.15, 0.2) is 6.61 Å². The Morgan fingerprint density at radius 3 is 2.29 bits per heavy atom. The monoisotopic (exact) mass is 293 g/mol. The fourth-order valence-corrected chi connectivity index (χ4v) is 1.47. The quantitative estimate of drug-likeness (QED) is 0.758. The third-order valence-electron chi connectivity index (χ3n) is 2.99. The van der Waals surface area contributed by atoms with E-state index in [1.807, 2.05) is 20.8 Å². The van der Waals surface area contributed by atoms with Crippen LogP contribution in [0.1, 0.15) is 20.8 Å². The average molecular weight is 293 g/mol. The van der Waals surface area contributed by atoms with E-state index in [0.29, 0.717) is 11.4 Å². The lowest BCUT2D eigenvalue weighted by atomic mass is 9.87. The Kier molecular flexibility index (Phi) is 5.72. The van der Waals surface area contributed by atoms with Crippen LogP contribution in [-0.4, -0.2) is 31.5 Å². The molecule has 21 heavy (non-hydrogen) atoms. The predicted octanol–water partition coefficient (Wildman–Crippen LogP) is 1.12. The number of nitrogens with one attached hydrogen (secondary N) is 2. The fourth-order valence-electron chi connectivity index (χ4n) is 1.47. The van der Waals surface area contributed by atoms with Crippen molar-refractivity contribution >= 4 is 17.5 Å². The summed E-state index contributed by atoms with van der Waals surface area (Å²) in [5, 5.41) is 5.22. The zero-order valence-corrected chi connectivity index (χ0v) is 12.9. The van der Waals surface area contributed by atoms with Crippen molar-refractivity contribution in [2.75, 3.05) is 19.0 Å². The molecule has 0 bridgehead atoms. The number of rotatable bonds is 5. The molecular formula is C15H23N3O3. The van der Waals surface area contributed by atoms with Crippen molar-refractivity contribution in [3.05, 3.63) is 24.3 Å². The number of carbonyl (C=O) groups is 2. The normalized spacial score (nSPS) is 12.4. The van der Waals surface area contributed by atoms with Crippen LogP contribution in [-0.2, 0) is 9.59 Å². The van der Waals surface area contributed by atoms with Gasteiger partial charge < -0.3 is 21.1 Å². The number of ether oxygens (including phenoxy) is 1. The third-order valence-corrected chi connectivity index (χ3v) is 2.99. The van der Waals surface area contributed by atoms with Crippen LogP contribution in [0.15, 0.2) is 24.3 Å². The van der Waals surface area contributed by atoms with Crippen molar-refractivity contribution in [1.82, 2.24) is 5.32 Å². The van der Waals surface area contributed by atoms with Gasteiger partial charge in [0.1, 0.15) is 5.75 Å². The molecule has 4 N–H and O–H groups in total. The number of amides is 2. The van der Waals surface area contributed by atoms with Gasteiger partial charge in [-0.25, -0.2) is 0 Å². The maximum Gasteiger partial charge on any atom is 0.257 e. The molecule has 0 spiro atoms. The molecule has 0 saturated heterocycles. The van der Waals surface area contributed by atoms with Crippen molar-refractivity contribution in [3.63, 3.8) is 0 Å². The summed E-state index contributed by atoms with van der Waals surface area (Å²) in [5.41, 5.74) is 6.21. The maximum atomic E-state index is 12.0. The van der Waals surface area contributed by atoms with Crippen LogP contribution in [0.3, 0.4) is 0 Å². The highest BCUT2D eigenvalue weighted by Crippen LogP contribution is 2.20. The Bertz CT molecular complexity index is 492. The number of nitrogens with two attached hydrogens (primary N) is 1. The van der Waals surface area contributed by atoms with Crippen LogP contribution < -0.4 is 21.1 Å². The number of benzene rings is 1. The largest absolute Gasteiger partial charge is 0.484 e. The standard InChI is InChI=1S/C15H23N3O3/c1-15(2,3)13(16)14(20)18-10-5-7-11(8-6-10)21-9-12(19)17-4/h5-8,13H,9,16H2,1-4H3,(H,17,19)(H,18,20)/t13-/m1/s1. The van der Waals surface area contributed by atoms with Crippen LogP contribution in [0, 0.1) is 5.41 Å². The predicted molar refractivity (Wildman–Crippen MR) is 82.1 cm³/mol. The molecule has 6 nitrogen and oxygen atoms in total. The molecule has 6 heteroatoms. The van der Waals surface area contributed by atoms with Gasteiger partial charge in [0.25, 0.3) is 5.91 Å². The summed E-state index contributed by atoms with van der Waals surface area (Å²) in [6.45, 7) is 5.68. The van der Waals surface area contributed by atoms with Crippen molar-refractivity contribution in [2.45, 2.75) is 26.8 Å². The van der Waals surface area contributed by atoms with Gasteiger partial charge in [-0.15, -0.1) is 0 Å². The second-order valence-electron chi connectivity index (χ2n) is 5.82. The summed E-state index contributed by atoms with van der Waals surface area (Å²) in [4.78, 5) is 23.0. The molecule has 0 aromatic heterocycles. The van der Waals surface area contributed by atoms with Crippen molar-refractivity contribution in [1.29, 1.82) is 0 Å². The first-order valence-corrected chi connectivity index (χ1v) is 6.74. The third kappa shape index (κ3) is 5.43. The average Bonchev–Trinajstić information content (AvgIpc) is 2.44. The molecule has 0 heterocycles. The Balaban J connectivity index is 2.59. The van der Waals surface area contributed by atoms with E-state index < -0.39 is 6.04 Å². The van der Waals surface area contributed by atoms with Gasteiger partial charge in [-0.05, 0) is 29.7 Å². The van der Waals surface area contributed by atoms with E-state index in [1.165, 1.54) is 0 Å². The van der Waals surface area contributed by atoms with Crippen LogP contribution in [0.4, 0.5) is 5.69 Å². The summed E-state index contributed by atoms with van der Waals surface area (Å²) in [7, 11) is 1.54. The van der Waals surface area contributed by atoms with Gasteiger partial charge in [0, 0.05) is 12.7 Å². The summed E-state index contributed by atoms with van der Waals surface area (Å²) in [5.74, 6) is 0.113. The van der Waals surface area contributed by atoms with E-state index in [0.717, 1.165) is 0 Å². The lowest BCUT2D eigenvalue weighted by Gasteiger charge is -2.25. The molecule has 0 aliphatic rings. The zero-order valence-electron chi connectivity index (χ0n) is 12.9. The van der Waals surface area contributed by atoms with Gasteiger partial charge in [-0.3, -0.25) is 9.59 Å². The number of likely N-dealkylation sites (N-methyl/N-ethyl adjacent to an activating group) is 1. The van der Waals surface area contributed by atoms with Crippen LogP contribution in [0.5, 0.6) is 5.75 Å². The van der Waals surface area contributed by atoms with Gasteiger partial charge in [-0.2, -0.15) is 0 Å². The van der Waals surface area contributed by atoms with E-state index in [9.17, 15) is 9.59 Å². The molecule has 0 radical (unpaired) electrons. The Hall–Kier alpha value is -2.08. The van der Waals surface area contributed by atoms with Gasteiger partial charge in [-0.1, -0.05) is 20.8 Å². The van der Waals surface area contributed by atoms with Crippen molar-refractivity contribution in [3.8, 4) is 5.75 Å². The van der Waals surface area contributed by atoms with E-state index in [-0.39, 0.29) is 23.8 Å². The first-order chi connectivity index (χ1) is 9.74. The summed E-state index contributed by atoms with van der Waals surface area (Å²) >= 11 is 0. The topological polar surface area (TPSA) is 93.5 Å². The van der Waals surface area contributed by atoms with Crippen molar-refractivity contribution in [2.24, 2.45) is 11.1 Å². The molecule has 0 aliphatic heterocycles. The highest BCUT2D eigenvalue weighted by atomic mass is 16.5. The number of anilines is 1. The van der Waals surface area contributed by atoms with E-state index in [2.05, 4.69) is 10.6 Å². The first-order valence-electron chi connectivity index (χ1n) is 6.74. The first kappa shape index (κ1) is 17.0. The molecule has 0 aliphatic carbocycles. The molecule has 0 unspecified atom stereocenters. The lowest BCUT2D eigenvalue weighted by molar-refractivity contribution is -0.122. The van der Waals surface area contributed by atoms with E-state index in [4.69, 9.17) is 10.5 Å². The number of carbonyl (C=O) groups excluding carboxylic acids is 2. The van der Waals surface area contributed by atoms with Crippen LogP contribution in [0.2, 0.25) is 0 Å². The molecule has 2 amide bonds. The highest BCUT2D eigenvalue weighted by Gasteiger charge is 2.27. The SMILES string of the molecule is CNC(=O)COc1ccc(NC(=O)[C@@H](N)C(C)(C)C)cc1. The molecule has 0 fully saturated rings. The Morgan fingerprint density at radius 2 is 1.81 bits per heavy atom. The molecule has 1 aromatic rings. The lowest BCUT2D eigenvalue weighted by Crippen LogP contribution is -2.45. The Morgan fingerprint density at radius 1 is 1.24 bits per heavy atom. The molecule has 1 aromatic carbocycles. The van der Waals surface area contributed by atoms with E-state index >= 15 is 0 Å². The van der Waals surface area contributed by atoms with Crippen molar-refractivity contribution < 1.29 is 14.3 Å². The minimum Gasteiger partial charge on any atom is -0.484 e. The van der Waals surface area contributed by atoms with Crippen LogP contribution >= 0.6 is 0 Å². The minimum atomic E-state index is -0.596. The summed E-state index contributed by atoms with van der Waals surface area (Å²) in [6.07, 6.45) is 0. The molecule has 116 valence electrons. The van der Waals surface area contributed by atoms with Gasteiger partial charge >= 0.3 is 0 Å². The fraction of sp³-hybridized carbons (Fsp3) is 0.467. The maximum absolute atomic E-state index is 12.0. The summed E-state index contributed by atoms with van der Waals surface area (Å²) < 4.78 is 5.27. The number of hydrogen-bond donors (Lipinski definition) is 3. The van der Waals surface area contributed by atoms with E-state index in [1.54, 1.807) is 31.3 Å². The molecule has 1 rings (SSSR count). The highest BCUT2D eigenvalue weighted by molar-refractivity contribution is 5.95. The molecular weight excluding hydrogens is 270 g/mol. The zero-order chi connectivity index (χ0) is 16.0. The second-order valence-corrected chi connectivity index (χ2v) is 5.82. The second kappa shape index (κ2) is 7.08. The Labute approximate surface area is 125 Å². The summed E-state index contributed by atoms with van der Waals surface area (Å²) in [6, 6.07) is 6.17. The number of hydrogen-bond acceptors (Lipinski definition) is 4. The van der Waals surface area contributed by atoms with Gasteiger partial charge in [0.05, 0.1) is 6.04 Å². The smallest absolute Gasteiger partial charge is 0.257 e. The molecule has 0 saturated carbocycles. The van der Waals surface area contributed by atoms with Gasteiger partial charge in [0.2, 0.25) is 5.91 Å². The minimum absolute atomic E-state index is 0.0445. The van der Waals surface area contributed by atoms with Crippen LogP contribution in [0.25, 0.3) is 0 Å². The molecule has 1 atom stereocenters.